The number of nitrogens with one attached hydrogen (secondary N) is 1. The molecule has 5 nitrogen and oxygen atoms in total. The van der Waals surface area contributed by atoms with Crippen molar-refractivity contribution < 1.29 is 18.7 Å². The number of furan rings is 1. The van der Waals surface area contributed by atoms with Gasteiger partial charge in [0.2, 0.25) is 5.91 Å². The summed E-state index contributed by atoms with van der Waals surface area (Å²) in [7, 11) is 1.62. The van der Waals surface area contributed by atoms with Crippen molar-refractivity contribution in [3.63, 3.8) is 0 Å². The van der Waals surface area contributed by atoms with Gasteiger partial charge in [0.25, 0.3) is 0 Å². The number of carbonyl (C=O) groups excluding carboxylic acids is 1. The Kier molecular flexibility index (Phi) is 7.25. The molecular formula is C30H31NO4. The SMILES string of the molecule is CCOc1c(/C(C)=C/C(=O)NCc2ccccc2OC)cc2c(-c3ccc(C)cc3)coc2c1C. The molecule has 0 bridgehead atoms. The number of amides is 1. The highest BCUT2D eigenvalue weighted by Gasteiger charge is 2.19. The molecule has 3 aromatic carbocycles. The molecule has 35 heavy (non-hydrogen) atoms. The van der Waals surface area contributed by atoms with E-state index in [0.29, 0.717) is 13.2 Å². The van der Waals surface area contributed by atoms with E-state index in [2.05, 4.69) is 42.6 Å². The lowest BCUT2D eigenvalue weighted by molar-refractivity contribution is -0.116. The van der Waals surface area contributed by atoms with Crippen LogP contribution < -0.4 is 14.8 Å². The molecule has 1 heterocycles. The summed E-state index contributed by atoms with van der Waals surface area (Å²) in [6, 6.07) is 18.1. The zero-order chi connectivity index (χ0) is 24.9. The second-order valence-electron chi connectivity index (χ2n) is 8.56. The highest BCUT2D eigenvalue weighted by atomic mass is 16.5. The van der Waals surface area contributed by atoms with E-state index < -0.39 is 0 Å². The molecule has 0 aliphatic rings. The zero-order valence-electron chi connectivity index (χ0n) is 20.9. The first-order chi connectivity index (χ1) is 16.9. The van der Waals surface area contributed by atoms with Gasteiger partial charge in [-0.05, 0) is 51.0 Å². The second-order valence-corrected chi connectivity index (χ2v) is 8.56. The van der Waals surface area contributed by atoms with Crippen molar-refractivity contribution >= 4 is 22.4 Å². The molecule has 1 amide bonds. The number of carbonyl (C=O) groups is 1. The van der Waals surface area contributed by atoms with E-state index in [-0.39, 0.29) is 5.91 Å². The van der Waals surface area contributed by atoms with Crippen molar-refractivity contribution in [2.75, 3.05) is 13.7 Å². The molecule has 1 aromatic heterocycles. The van der Waals surface area contributed by atoms with E-state index in [4.69, 9.17) is 13.9 Å². The van der Waals surface area contributed by atoms with Gasteiger partial charge in [0.05, 0.1) is 20.0 Å². The number of benzene rings is 3. The van der Waals surface area contributed by atoms with Gasteiger partial charge in [-0.3, -0.25) is 4.79 Å². The number of hydrogen-bond acceptors (Lipinski definition) is 4. The average molecular weight is 470 g/mol. The van der Waals surface area contributed by atoms with Crippen molar-refractivity contribution in [3.05, 3.63) is 89.2 Å². The molecule has 0 radical (unpaired) electrons. The summed E-state index contributed by atoms with van der Waals surface area (Å²) < 4.78 is 17.4. The van der Waals surface area contributed by atoms with Gasteiger partial charge >= 0.3 is 0 Å². The van der Waals surface area contributed by atoms with Gasteiger partial charge in [-0.25, -0.2) is 0 Å². The number of hydrogen-bond donors (Lipinski definition) is 1. The van der Waals surface area contributed by atoms with Gasteiger partial charge in [0.15, 0.2) is 0 Å². The number of aryl methyl sites for hydroxylation is 2. The van der Waals surface area contributed by atoms with E-state index >= 15 is 0 Å². The maximum atomic E-state index is 12.8. The van der Waals surface area contributed by atoms with Crippen molar-refractivity contribution in [1.82, 2.24) is 5.32 Å². The standard InChI is InChI=1S/C30H31NO4/c1-6-34-29-21(4)30-25(26(18-35-30)22-13-11-19(2)12-14-22)16-24(29)20(3)15-28(32)31-17-23-9-7-8-10-27(23)33-5/h7-16,18H,6,17H2,1-5H3,(H,31,32)/b20-15+. The fraction of sp³-hybridized carbons (Fsp3) is 0.233. The number of allylic oxidation sites excluding steroid dienone is 1. The summed E-state index contributed by atoms with van der Waals surface area (Å²) in [5, 5.41) is 3.95. The third-order valence-corrected chi connectivity index (χ3v) is 6.11. The maximum absolute atomic E-state index is 12.8. The lowest BCUT2D eigenvalue weighted by atomic mass is 9.96. The summed E-state index contributed by atoms with van der Waals surface area (Å²) in [5.41, 5.74) is 7.62. The van der Waals surface area contributed by atoms with Crippen LogP contribution in [0.15, 0.2) is 71.4 Å². The molecule has 0 spiro atoms. The monoisotopic (exact) mass is 469 g/mol. The molecule has 180 valence electrons. The molecule has 5 heteroatoms. The number of ether oxygens (including phenoxy) is 2. The first-order valence-corrected chi connectivity index (χ1v) is 11.8. The van der Waals surface area contributed by atoms with Crippen molar-refractivity contribution in [1.29, 1.82) is 0 Å². The van der Waals surface area contributed by atoms with Crippen molar-refractivity contribution in [2.45, 2.75) is 34.2 Å². The van der Waals surface area contributed by atoms with Gasteiger partial charge < -0.3 is 19.2 Å². The summed E-state index contributed by atoms with van der Waals surface area (Å²) in [5.74, 6) is 1.30. The molecule has 0 saturated carbocycles. The van der Waals surface area contributed by atoms with E-state index in [0.717, 1.165) is 55.9 Å². The van der Waals surface area contributed by atoms with Crippen LogP contribution in [0.3, 0.4) is 0 Å². The lowest BCUT2D eigenvalue weighted by Crippen LogP contribution is -2.21. The summed E-state index contributed by atoms with van der Waals surface area (Å²) in [4.78, 5) is 12.8. The minimum Gasteiger partial charge on any atom is -0.496 e. The average Bonchev–Trinajstić information content (AvgIpc) is 3.29. The van der Waals surface area contributed by atoms with Gasteiger partial charge in [-0.1, -0.05) is 48.0 Å². The molecule has 0 fully saturated rings. The Morgan fingerprint density at radius 1 is 1.09 bits per heavy atom. The quantitative estimate of drug-likeness (QED) is 0.287. The minimum absolute atomic E-state index is 0.181. The Morgan fingerprint density at radius 3 is 2.54 bits per heavy atom. The molecule has 0 saturated heterocycles. The Labute approximate surface area is 206 Å². The van der Waals surface area contributed by atoms with Crippen LogP contribution in [0.1, 0.15) is 36.1 Å². The highest BCUT2D eigenvalue weighted by molar-refractivity contribution is 6.01. The molecule has 0 aliphatic heterocycles. The van der Waals surface area contributed by atoms with E-state index in [1.807, 2.05) is 45.0 Å². The Morgan fingerprint density at radius 2 is 1.83 bits per heavy atom. The van der Waals surface area contributed by atoms with Crippen LogP contribution in [0.4, 0.5) is 0 Å². The van der Waals surface area contributed by atoms with Crippen LogP contribution in [0.25, 0.3) is 27.7 Å². The third kappa shape index (κ3) is 5.09. The van der Waals surface area contributed by atoms with Gasteiger partial charge in [-0.2, -0.15) is 0 Å². The number of fused-ring (bicyclic) bond motifs is 1. The summed E-state index contributed by atoms with van der Waals surface area (Å²) in [6.45, 7) is 8.83. The topological polar surface area (TPSA) is 60.7 Å². The highest BCUT2D eigenvalue weighted by Crippen LogP contribution is 2.40. The van der Waals surface area contributed by atoms with Crippen molar-refractivity contribution in [2.24, 2.45) is 0 Å². The normalized spacial score (nSPS) is 11.5. The Bertz CT molecular complexity index is 1380. The fourth-order valence-corrected chi connectivity index (χ4v) is 4.25. The number of rotatable bonds is 8. The largest absolute Gasteiger partial charge is 0.496 e. The van der Waals surface area contributed by atoms with Crippen molar-refractivity contribution in [3.8, 4) is 22.6 Å². The summed E-state index contributed by atoms with van der Waals surface area (Å²) in [6.07, 6.45) is 3.41. The second kappa shape index (κ2) is 10.5. The first kappa shape index (κ1) is 24.1. The lowest BCUT2D eigenvalue weighted by Gasteiger charge is -2.15. The molecular weight excluding hydrogens is 438 g/mol. The minimum atomic E-state index is -0.181. The zero-order valence-corrected chi connectivity index (χ0v) is 20.9. The van der Waals surface area contributed by atoms with Gasteiger partial charge in [0.1, 0.15) is 17.1 Å². The van der Waals surface area contributed by atoms with E-state index in [1.165, 1.54) is 5.56 Å². The molecule has 4 aromatic rings. The van der Waals surface area contributed by atoms with Crippen LogP contribution >= 0.6 is 0 Å². The third-order valence-electron chi connectivity index (χ3n) is 6.11. The Hall–Kier alpha value is -3.99. The Balaban J connectivity index is 1.69. The fourth-order valence-electron chi connectivity index (χ4n) is 4.25. The molecule has 0 atom stereocenters. The van der Waals surface area contributed by atoms with Crippen LogP contribution in [0.2, 0.25) is 0 Å². The van der Waals surface area contributed by atoms with E-state index in [1.54, 1.807) is 19.4 Å². The van der Waals surface area contributed by atoms with Gasteiger partial charge in [-0.15, -0.1) is 0 Å². The predicted molar refractivity (Wildman–Crippen MR) is 141 cm³/mol. The van der Waals surface area contributed by atoms with E-state index in [9.17, 15) is 4.79 Å². The van der Waals surface area contributed by atoms with Crippen LogP contribution in [-0.4, -0.2) is 19.6 Å². The maximum Gasteiger partial charge on any atom is 0.244 e. The molecule has 0 aliphatic carbocycles. The summed E-state index contributed by atoms with van der Waals surface area (Å²) >= 11 is 0. The molecule has 1 N–H and O–H groups in total. The molecule has 0 unspecified atom stereocenters. The molecule has 4 rings (SSSR count). The predicted octanol–water partition coefficient (Wildman–Crippen LogP) is 6.84. The van der Waals surface area contributed by atoms with Crippen LogP contribution in [0, 0.1) is 13.8 Å². The number of para-hydroxylation sites is 1. The first-order valence-electron chi connectivity index (χ1n) is 11.8. The smallest absolute Gasteiger partial charge is 0.244 e. The number of methoxy groups -OCH3 is 1. The van der Waals surface area contributed by atoms with Gasteiger partial charge in [0, 0.05) is 40.3 Å². The van der Waals surface area contributed by atoms with Crippen LogP contribution in [-0.2, 0) is 11.3 Å². The van der Waals surface area contributed by atoms with Crippen LogP contribution in [0.5, 0.6) is 11.5 Å².